The molecule has 1 N–H and O–H groups in total. The van der Waals surface area contributed by atoms with Gasteiger partial charge in [-0.05, 0) is 48.2 Å². The molecule has 3 rings (SSSR count). The summed E-state index contributed by atoms with van der Waals surface area (Å²) in [6, 6.07) is 14.1. The number of hydrogen-bond donors (Lipinski definition) is 1. The Morgan fingerprint density at radius 1 is 1.22 bits per heavy atom. The first-order valence-electron chi connectivity index (χ1n) is 9.29. The number of fused-ring (bicyclic) bond motifs is 1. The van der Waals surface area contributed by atoms with Crippen LogP contribution in [0.15, 0.2) is 42.5 Å². The minimum atomic E-state index is -0.272. The van der Waals surface area contributed by atoms with E-state index >= 15 is 0 Å². The molecule has 1 aliphatic rings. The molecular formula is C22H26ClNO3. The van der Waals surface area contributed by atoms with Crippen molar-refractivity contribution in [1.29, 1.82) is 0 Å². The summed E-state index contributed by atoms with van der Waals surface area (Å²) >= 11 is 5.97. The summed E-state index contributed by atoms with van der Waals surface area (Å²) in [4.78, 5) is 13.6. The maximum Gasteiger partial charge on any atom is 0.222 e. The Labute approximate surface area is 165 Å². The summed E-state index contributed by atoms with van der Waals surface area (Å²) in [5, 5.41) is 9.67. The van der Waals surface area contributed by atoms with E-state index in [1.54, 1.807) is 11.9 Å². The van der Waals surface area contributed by atoms with Gasteiger partial charge in [0.1, 0.15) is 11.4 Å². The lowest BCUT2D eigenvalue weighted by molar-refractivity contribution is -0.130. The Hall–Kier alpha value is -2.04. The highest BCUT2D eigenvalue weighted by Crippen LogP contribution is 2.37. The minimum absolute atomic E-state index is 0.00930. The number of carbonyl (C=O) groups excluding carboxylic acids is 1. The molecule has 27 heavy (non-hydrogen) atoms. The van der Waals surface area contributed by atoms with E-state index < -0.39 is 0 Å². The van der Waals surface area contributed by atoms with Crippen LogP contribution in [0.25, 0.3) is 0 Å². The summed E-state index contributed by atoms with van der Waals surface area (Å²) in [6.45, 7) is 2.50. The van der Waals surface area contributed by atoms with Crippen LogP contribution in [0.1, 0.15) is 30.0 Å². The number of halogens is 1. The number of aryl methyl sites for hydroxylation is 1. The molecule has 1 aliphatic heterocycles. The van der Waals surface area contributed by atoms with Gasteiger partial charge in [-0.2, -0.15) is 0 Å². The number of amides is 1. The second kappa shape index (κ2) is 8.32. The third-order valence-electron chi connectivity index (χ3n) is 5.03. The van der Waals surface area contributed by atoms with Crippen LogP contribution < -0.4 is 4.74 Å². The number of aliphatic hydroxyl groups is 1. The first kappa shape index (κ1) is 19.7. The zero-order valence-corrected chi connectivity index (χ0v) is 16.6. The summed E-state index contributed by atoms with van der Waals surface area (Å²) in [5.74, 6) is 0.979. The number of likely N-dealkylation sites (N-methyl/N-ethyl adjacent to an activating group) is 1. The fraction of sp³-hybridized carbons (Fsp3) is 0.409. The molecule has 0 saturated carbocycles. The van der Waals surface area contributed by atoms with E-state index in [0.29, 0.717) is 19.4 Å². The number of ether oxygens (including phenoxy) is 1. The van der Waals surface area contributed by atoms with Crippen molar-refractivity contribution in [3.63, 3.8) is 0 Å². The van der Waals surface area contributed by atoms with Crippen molar-refractivity contribution in [2.24, 2.45) is 0 Å². The Morgan fingerprint density at radius 2 is 1.93 bits per heavy atom. The molecule has 2 aromatic rings. The van der Waals surface area contributed by atoms with Gasteiger partial charge in [-0.1, -0.05) is 35.9 Å². The van der Waals surface area contributed by atoms with Crippen molar-refractivity contribution in [1.82, 2.24) is 4.90 Å². The Kier molecular flexibility index (Phi) is 6.08. The zero-order chi connectivity index (χ0) is 19.4. The summed E-state index contributed by atoms with van der Waals surface area (Å²) in [5.41, 5.74) is 3.26. The van der Waals surface area contributed by atoms with Crippen LogP contribution in [0.4, 0.5) is 0 Å². The maximum atomic E-state index is 12.1. The van der Waals surface area contributed by atoms with Crippen molar-refractivity contribution >= 4 is 17.5 Å². The Balaban J connectivity index is 1.62. The van der Waals surface area contributed by atoms with E-state index in [4.69, 9.17) is 21.4 Å². The lowest BCUT2D eigenvalue weighted by atomic mass is 9.91. The third-order valence-corrected chi connectivity index (χ3v) is 5.28. The van der Waals surface area contributed by atoms with E-state index in [2.05, 4.69) is 13.0 Å². The molecule has 1 atom stereocenters. The van der Waals surface area contributed by atoms with Crippen molar-refractivity contribution in [2.45, 2.75) is 38.2 Å². The largest absolute Gasteiger partial charge is 0.487 e. The van der Waals surface area contributed by atoms with E-state index in [9.17, 15) is 4.79 Å². The highest BCUT2D eigenvalue weighted by Gasteiger charge is 2.35. The van der Waals surface area contributed by atoms with Crippen molar-refractivity contribution in [2.75, 3.05) is 20.2 Å². The van der Waals surface area contributed by atoms with Crippen LogP contribution in [0, 0.1) is 0 Å². The first-order chi connectivity index (χ1) is 12.9. The molecule has 2 aromatic carbocycles. The third kappa shape index (κ3) is 5.02. The molecule has 0 spiro atoms. The summed E-state index contributed by atoms with van der Waals surface area (Å²) in [7, 11) is 1.72. The molecule has 0 aliphatic carbocycles. The van der Waals surface area contributed by atoms with Crippen LogP contribution in [0.3, 0.4) is 0 Å². The average Bonchev–Trinajstić information content (AvgIpc) is 2.96. The normalized spacial score (nSPS) is 18.1. The molecule has 1 unspecified atom stereocenters. The molecule has 0 fully saturated rings. The van der Waals surface area contributed by atoms with Crippen LogP contribution in [-0.2, 0) is 24.1 Å². The smallest absolute Gasteiger partial charge is 0.222 e. The quantitative estimate of drug-likeness (QED) is 0.788. The molecule has 0 saturated heterocycles. The fourth-order valence-corrected chi connectivity index (χ4v) is 3.71. The zero-order valence-electron chi connectivity index (χ0n) is 15.9. The second-order valence-corrected chi connectivity index (χ2v) is 7.95. The minimum Gasteiger partial charge on any atom is -0.487 e. The molecule has 0 radical (unpaired) electrons. The SMILES string of the molecule is CN(CCO)C(=O)CCc1ccc2c(c1)CC(C)(Cc1ccc(Cl)cc1)O2. The monoisotopic (exact) mass is 387 g/mol. The van der Waals surface area contributed by atoms with Crippen LogP contribution >= 0.6 is 11.6 Å². The van der Waals surface area contributed by atoms with Gasteiger partial charge in [0.05, 0.1) is 6.61 Å². The van der Waals surface area contributed by atoms with E-state index in [1.807, 2.05) is 36.4 Å². The molecule has 5 heteroatoms. The number of rotatable bonds is 7. The lowest BCUT2D eigenvalue weighted by Crippen LogP contribution is -2.32. The maximum absolute atomic E-state index is 12.1. The number of benzene rings is 2. The van der Waals surface area contributed by atoms with Crippen LogP contribution in [0.2, 0.25) is 5.02 Å². The number of nitrogens with zero attached hydrogens (tertiary/aromatic N) is 1. The molecule has 144 valence electrons. The topological polar surface area (TPSA) is 49.8 Å². The van der Waals surface area contributed by atoms with E-state index in [1.165, 1.54) is 11.1 Å². The van der Waals surface area contributed by atoms with E-state index in [-0.39, 0.29) is 18.1 Å². The number of carbonyl (C=O) groups is 1. The van der Waals surface area contributed by atoms with Gasteiger partial charge in [-0.3, -0.25) is 4.79 Å². The Morgan fingerprint density at radius 3 is 2.63 bits per heavy atom. The molecule has 1 heterocycles. The predicted molar refractivity (Wildman–Crippen MR) is 107 cm³/mol. The molecule has 1 amide bonds. The molecular weight excluding hydrogens is 362 g/mol. The van der Waals surface area contributed by atoms with Crippen LogP contribution in [0.5, 0.6) is 5.75 Å². The first-order valence-corrected chi connectivity index (χ1v) is 9.66. The van der Waals surface area contributed by atoms with Gasteiger partial charge in [0.15, 0.2) is 0 Å². The highest BCUT2D eigenvalue weighted by molar-refractivity contribution is 6.30. The summed E-state index contributed by atoms with van der Waals surface area (Å²) in [6.07, 6.45) is 2.80. The van der Waals surface area contributed by atoms with Gasteiger partial charge in [0.2, 0.25) is 5.91 Å². The number of hydrogen-bond acceptors (Lipinski definition) is 3. The van der Waals surface area contributed by atoms with Crippen molar-refractivity contribution in [3.05, 3.63) is 64.2 Å². The molecule has 0 aromatic heterocycles. The average molecular weight is 388 g/mol. The van der Waals surface area contributed by atoms with Gasteiger partial charge >= 0.3 is 0 Å². The van der Waals surface area contributed by atoms with E-state index in [0.717, 1.165) is 29.2 Å². The molecule has 0 bridgehead atoms. The van der Waals surface area contributed by atoms with Crippen molar-refractivity contribution < 1.29 is 14.6 Å². The van der Waals surface area contributed by atoms with Gasteiger partial charge < -0.3 is 14.7 Å². The van der Waals surface area contributed by atoms with Crippen LogP contribution in [-0.4, -0.2) is 41.7 Å². The second-order valence-electron chi connectivity index (χ2n) is 7.51. The standard InChI is InChI=1S/C22H26ClNO3/c1-22(14-17-3-7-19(23)8-4-17)15-18-13-16(5-9-20(18)27-22)6-10-21(26)24(2)11-12-25/h3-5,7-9,13,25H,6,10-12,14-15H2,1-2H3. The fourth-order valence-electron chi connectivity index (χ4n) is 3.58. The molecule has 4 nitrogen and oxygen atoms in total. The lowest BCUT2D eigenvalue weighted by Gasteiger charge is -2.24. The number of aliphatic hydroxyl groups excluding tert-OH is 1. The van der Waals surface area contributed by atoms with Gasteiger partial charge in [0, 0.05) is 37.9 Å². The van der Waals surface area contributed by atoms with Gasteiger partial charge in [-0.15, -0.1) is 0 Å². The summed E-state index contributed by atoms with van der Waals surface area (Å²) < 4.78 is 6.24. The van der Waals surface area contributed by atoms with Crippen molar-refractivity contribution in [3.8, 4) is 5.75 Å². The van der Waals surface area contributed by atoms with Gasteiger partial charge in [0.25, 0.3) is 0 Å². The Bertz CT molecular complexity index is 806. The van der Waals surface area contributed by atoms with Gasteiger partial charge in [-0.25, -0.2) is 0 Å². The highest BCUT2D eigenvalue weighted by atomic mass is 35.5. The predicted octanol–water partition coefficient (Wildman–Crippen LogP) is 3.66.